The van der Waals surface area contributed by atoms with Gasteiger partial charge in [-0.2, -0.15) is 0 Å². The lowest BCUT2D eigenvalue weighted by Gasteiger charge is -2.13. The van der Waals surface area contributed by atoms with Crippen LogP contribution in [0, 0.1) is 6.92 Å². The van der Waals surface area contributed by atoms with Gasteiger partial charge < -0.3 is 10.1 Å². The highest BCUT2D eigenvalue weighted by atomic mass is 32.2. The molecule has 2 heterocycles. The topological polar surface area (TPSA) is 73.2 Å². The summed E-state index contributed by atoms with van der Waals surface area (Å²) in [6.45, 7) is 2.42. The highest BCUT2D eigenvalue weighted by molar-refractivity contribution is 7.99. The zero-order chi connectivity index (χ0) is 23.7. The van der Waals surface area contributed by atoms with Crippen LogP contribution in [0.4, 0.5) is 0 Å². The summed E-state index contributed by atoms with van der Waals surface area (Å²) in [6, 6.07) is 15.4. The molecule has 2 aromatic heterocycles. The summed E-state index contributed by atoms with van der Waals surface area (Å²) in [5.74, 6) is 0.800. The van der Waals surface area contributed by atoms with Gasteiger partial charge >= 0.3 is 0 Å². The Morgan fingerprint density at radius 2 is 2.03 bits per heavy atom. The highest BCUT2D eigenvalue weighted by Crippen LogP contribution is 2.36. The number of carbonyl (C=O) groups excluding carboxylic acids is 1. The van der Waals surface area contributed by atoms with E-state index in [1.165, 1.54) is 16.6 Å². The van der Waals surface area contributed by atoms with Gasteiger partial charge in [-0.15, -0.1) is 11.3 Å². The van der Waals surface area contributed by atoms with Crippen LogP contribution < -0.4 is 15.6 Å². The van der Waals surface area contributed by atoms with Gasteiger partial charge in [0.2, 0.25) is 5.91 Å². The van der Waals surface area contributed by atoms with E-state index in [1.807, 2.05) is 55.5 Å². The second-order valence-electron chi connectivity index (χ2n) is 8.32. The van der Waals surface area contributed by atoms with Crippen LogP contribution in [0.5, 0.6) is 5.75 Å². The van der Waals surface area contributed by atoms with Gasteiger partial charge in [-0.3, -0.25) is 14.2 Å². The van der Waals surface area contributed by atoms with Gasteiger partial charge in [-0.05, 0) is 61.6 Å². The Kier molecular flexibility index (Phi) is 6.43. The van der Waals surface area contributed by atoms with E-state index in [0.29, 0.717) is 11.7 Å². The normalized spacial score (nSPS) is 12.6. The second kappa shape index (κ2) is 9.64. The molecule has 0 atom stereocenters. The monoisotopic (exact) mass is 491 g/mol. The number of methoxy groups -OCH3 is 1. The zero-order valence-corrected chi connectivity index (χ0v) is 20.7. The third-order valence-corrected chi connectivity index (χ3v) is 8.08. The molecule has 1 amide bonds. The van der Waals surface area contributed by atoms with E-state index in [9.17, 15) is 9.59 Å². The average Bonchev–Trinajstić information content (AvgIpc) is 3.43. The van der Waals surface area contributed by atoms with Gasteiger partial charge in [0.1, 0.15) is 10.6 Å². The van der Waals surface area contributed by atoms with Gasteiger partial charge in [-0.25, -0.2) is 4.98 Å². The molecule has 1 aliphatic rings. The van der Waals surface area contributed by atoms with Crippen molar-refractivity contribution in [2.24, 2.45) is 0 Å². The molecule has 6 nitrogen and oxygen atoms in total. The van der Waals surface area contributed by atoms with Crippen LogP contribution in [0.1, 0.15) is 28.0 Å². The van der Waals surface area contributed by atoms with Crippen molar-refractivity contribution in [2.75, 3.05) is 12.9 Å². The predicted molar refractivity (Wildman–Crippen MR) is 138 cm³/mol. The van der Waals surface area contributed by atoms with Gasteiger partial charge in [0, 0.05) is 11.4 Å². The average molecular weight is 492 g/mol. The minimum absolute atomic E-state index is 0.0486. The first-order valence-electron chi connectivity index (χ1n) is 11.2. The first-order valence-corrected chi connectivity index (χ1v) is 13.0. The number of amides is 1. The lowest BCUT2D eigenvalue weighted by atomic mass is 10.2. The molecule has 0 fully saturated rings. The number of thioether (sulfide) groups is 1. The second-order valence-corrected chi connectivity index (χ2v) is 10.4. The number of hydrogen-bond donors (Lipinski definition) is 1. The molecule has 0 aliphatic heterocycles. The molecule has 1 aliphatic carbocycles. The maximum atomic E-state index is 13.7. The van der Waals surface area contributed by atoms with Crippen LogP contribution in [-0.2, 0) is 24.2 Å². The van der Waals surface area contributed by atoms with Crippen molar-refractivity contribution >= 4 is 39.2 Å². The number of ether oxygens (including phenoxy) is 1. The van der Waals surface area contributed by atoms with E-state index in [0.717, 1.165) is 57.6 Å². The molecular formula is C26H25N3O3S2. The summed E-state index contributed by atoms with van der Waals surface area (Å²) in [6.07, 6.45) is 3.03. The minimum atomic E-state index is -0.119. The van der Waals surface area contributed by atoms with E-state index in [2.05, 4.69) is 5.32 Å². The Hall–Kier alpha value is -3.10. The van der Waals surface area contributed by atoms with Crippen LogP contribution in [0.3, 0.4) is 0 Å². The third kappa shape index (κ3) is 4.48. The van der Waals surface area contributed by atoms with Crippen molar-refractivity contribution in [3.8, 4) is 11.4 Å². The van der Waals surface area contributed by atoms with Crippen molar-refractivity contribution in [1.82, 2.24) is 14.9 Å². The molecule has 4 aromatic rings. The lowest BCUT2D eigenvalue weighted by Crippen LogP contribution is -2.26. The molecule has 0 bridgehead atoms. The van der Waals surface area contributed by atoms with Crippen molar-refractivity contribution in [3.63, 3.8) is 0 Å². The SMILES string of the molecule is COc1cccc(CNC(=O)CSc2nc3sc4c(c3c(=O)n2-c2ccc(C)cc2)CCC4)c1. The van der Waals surface area contributed by atoms with Gasteiger partial charge in [-0.1, -0.05) is 41.6 Å². The summed E-state index contributed by atoms with van der Waals surface area (Å²) in [5.41, 5.74) is 3.95. The molecule has 5 rings (SSSR count). The Bertz CT molecular complexity index is 1420. The van der Waals surface area contributed by atoms with E-state index in [4.69, 9.17) is 9.72 Å². The summed E-state index contributed by atoms with van der Waals surface area (Å²) in [7, 11) is 1.62. The van der Waals surface area contributed by atoms with E-state index < -0.39 is 0 Å². The molecule has 174 valence electrons. The smallest absolute Gasteiger partial charge is 0.267 e. The molecule has 0 saturated heterocycles. The highest BCUT2D eigenvalue weighted by Gasteiger charge is 2.24. The van der Waals surface area contributed by atoms with Crippen molar-refractivity contribution < 1.29 is 9.53 Å². The number of aryl methyl sites for hydroxylation is 3. The molecule has 0 saturated carbocycles. The van der Waals surface area contributed by atoms with Crippen LogP contribution in [-0.4, -0.2) is 28.3 Å². The van der Waals surface area contributed by atoms with E-state index in [1.54, 1.807) is 23.0 Å². The van der Waals surface area contributed by atoms with Gasteiger partial charge in [0.25, 0.3) is 5.56 Å². The summed E-state index contributed by atoms with van der Waals surface area (Å²) in [4.78, 5) is 33.2. The first-order chi connectivity index (χ1) is 16.5. The Morgan fingerprint density at radius 1 is 1.21 bits per heavy atom. The Morgan fingerprint density at radius 3 is 2.82 bits per heavy atom. The maximum Gasteiger partial charge on any atom is 0.267 e. The molecule has 0 unspecified atom stereocenters. The zero-order valence-electron chi connectivity index (χ0n) is 19.1. The number of nitrogens with one attached hydrogen (secondary N) is 1. The molecule has 0 radical (unpaired) electrons. The summed E-state index contributed by atoms with van der Waals surface area (Å²) >= 11 is 2.90. The molecule has 1 N–H and O–H groups in total. The fourth-order valence-corrected chi connectivity index (χ4v) is 6.35. The van der Waals surface area contributed by atoms with Crippen molar-refractivity contribution in [1.29, 1.82) is 0 Å². The number of benzene rings is 2. The maximum absolute atomic E-state index is 13.7. The standard InChI is InChI=1S/C26H25N3O3S2/c1-16-9-11-18(12-10-16)29-25(31)23-20-7-4-8-21(20)34-24(23)28-26(29)33-15-22(30)27-14-17-5-3-6-19(13-17)32-2/h3,5-6,9-13H,4,7-8,14-15H2,1-2H3,(H,27,30). The summed E-state index contributed by atoms with van der Waals surface area (Å²) in [5, 5.41) is 4.22. The molecular weight excluding hydrogens is 466 g/mol. The van der Waals surface area contributed by atoms with Crippen LogP contribution >= 0.6 is 23.1 Å². The Balaban J connectivity index is 1.41. The van der Waals surface area contributed by atoms with Gasteiger partial charge in [0.15, 0.2) is 5.16 Å². The number of thiophene rings is 1. The first kappa shape index (κ1) is 22.7. The number of aromatic nitrogens is 2. The molecule has 0 spiro atoms. The van der Waals surface area contributed by atoms with E-state index in [-0.39, 0.29) is 17.2 Å². The number of carbonyl (C=O) groups is 1. The van der Waals surface area contributed by atoms with E-state index >= 15 is 0 Å². The fraction of sp³-hybridized carbons (Fsp3) is 0.269. The summed E-state index contributed by atoms with van der Waals surface area (Å²) < 4.78 is 6.90. The number of hydrogen-bond acceptors (Lipinski definition) is 6. The van der Waals surface area contributed by atoms with Crippen LogP contribution in [0.25, 0.3) is 15.9 Å². The largest absolute Gasteiger partial charge is 0.497 e. The van der Waals surface area contributed by atoms with Crippen LogP contribution in [0.15, 0.2) is 58.5 Å². The number of rotatable bonds is 7. The predicted octanol–water partition coefficient (Wildman–Crippen LogP) is 4.66. The molecule has 8 heteroatoms. The Labute approximate surface area is 206 Å². The fourth-order valence-electron chi connectivity index (χ4n) is 4.21. The quantitative estimate of drug-likeness (QED) is 0.301. The molecule has 34 heavy (non-hydrogen) atoms. The van der Waals surface area contributed by atoms with Crippen molar-refractivity contribution in [3.05, 3.63) is 80.5 Å². The lowest BCUT2D eigenvalue weighted by molar-refractivity contribution is -0.118. The minimum Gasteiger partial charge on any atom is -0.497 e. The third-order valence-electron chi connectivity index (χ3n) is 5.96. The van der Waals surface area contributed by atoms with Gasteiger partial charge in [0.05, 0.1) is 23.9 Å². The van der Waals surface area contributed by atoms with Crippen LogP contribution in [0.2, 0.25) is 0 Å². The van der Waals surface area contributed by atoms with Crippen molar-refractivity contribution in [2.45, 2.75) is 37.9 Å². The number of fused-ring (bicyclic) bond motifs is 3. The molecule has 2 aromatic carbocycles. The number of nitrogens with zero attached hydrogens (tertiary/aromatic N) is 2.